The van der Waals surface area contributed by atoms with E-state index in [-0.39, 0.29) is 5.97 Å². The van der Waals surface area contributed by atoms with Gasteiger partial charge in [-0.15, -0.1) is 10.1 Å². The number of hydrazine groups is 1. The van der Waals surface area contributed by atoms with Gasteiger partial charge >= 0.3 is 5.97 Å². The van der Waals surface area contributed by atoms with E-state index in [0.29, 0.717) is 17.9 Å². The summed E-state index contributed by atoms with van der Waals surface area (Å²) in [6.07, 6.45) is 1.36. The van der Waals surface area contributed by atoms with E-state index in [1.54, 1.807) is 19.1 Å². The largest absolute Gasteiger partial charge is 0.462 e. The molecule has 0 aliphatic heterocycles. The van der Waals surface area contributed by atoms with Crippen molar-refractivity contribution < 1.29 is 19.8 Å². The zero-order valence-electron chi connectivity index (χ0n) is 11.1. The molecule has 0 amide bonds. The lowest BCUT2D eigenvalue weighted by atomic mass is 10.1. The molecule has 0 aliphatic rings. The molecule has 0 saturated heterocycles. The monoisotopic (exact) mass is 284 g/mol. The summed E-state index contributed by atoms with van der Waals surface area (Å²) < 4.78 is 4.90. The van der Waals surface area contributed by atoms with E-state index in [9.17, 15) is 4.79 Å². The van der Waals surface area contributed by atoms with Crippen LogP contribution in [0, 0.1) is 17.0 Å². The predicted octanol–water partition coefficient (Wildman–Crippen LogP) is 0.947. The van der Waals surface area contributed by atoms with Crippen LogP contribution in [-0.2, 0) is 4.74 Å². The van der Waals surface area contributed by atoms with Gasteiger partial charge in [0.1, 0.15) is 6.34 Å². The lowest BCUT2D eigenvalue weighted by Gasteiger charge is -2.04. The molecular formula is C11H16N4O5. The van der Waals surface area contributed by atoms with Crippen LogP contribution in [0.3, 0.4) is 0 Å². The first-order valence-electron chi connectivity index (χ1n) is 5.52. The maximum atomic E-state index is 11.5. The Morgan fingerprint density at radius 3 is 2.75 bits per heavy atom. The zero-order chi connectivity index (χ0) is 15.5. The third-order valence-corrected chi connectivity index (χ3v) is 2.00. The molecule has 0 fully saturated rings. The third-order valence-electron chi connectivity index (χ3n) is 2.00. The summed E-state index contributed by atoms with van der Waals surface area (Å²) in [4.78, 5) is 23.9. The average Bonchev–Trinajstić information content (AvgIpc) is 2.37. The van der Waals surface area contributed by atoms with E-state index in [1.165, 1.54) is 6.34 Å². The lowest BCUT2D eigenvalue weighted by molar-refractivity contribution is -0.742. The maximum absolute atomic E-state index is 11.5. The van der Waals surface area contributed by atoms with Gasteiger partial charge in [0, 0.05) is 0 Å². The van der Waals surface area contributed by atoms with Crippen LogP contribution in [0.1, 0.15) is 22.8 Å². The summed E-state index contributed by atoms with van der Waals surface area (Å²) in [5.41, 5.74) is 4.43. The molecule has 20 heavy (non-hydrogen) atoms. The van der Waals surface area contributed by atoms with Crippen molar-refractivity contribution in [2.24, 2.45) is 10.8 Å². The van der Waals surface area contributed by atoms with Crippen LogP contribution in [-0.4, -0.2) is 29.2 Å². The highest BCUT2D eigenvalue weighted by Crippen LogP contribution is 2.20. The maximum Gasteiger partial charge on any atom is 0.338 e. The van der Waals surface area contributed by atoms with Gasteiger partial charge in [-0.3, -0.25) is 0 Å². The number of esters is 1. The minimum Gasteiger partial charge on any atom is -0.462 e. The molecular weight excluding hydrogens is 268 g/mol. The van der Waals surface area contributed by atoms with Crippen LogP contribution in [0.2, 0.25) is 0 Å². The van der Waals surface area contributed by atoms with Gasteiger partial charge in [-0.1, -0.05) is 6.07 Å². The van der Waals surface area contributed by atoms with Gasteiger partial charge < -0.3 is 15.4 Å². The van der Waals surface area contributed by atoms with Gasteiger partial charge in [0.2, 0.25) is 0 Å². The fourth-order valence-electron chi connectivity index (χ4n) is 1.20. The van der Waals surface area contributed by atoms with Crippen molar-refractivity contribution in [3.63, 3.8) is 0 Å². The Hall–Kier alpha value is -2.68. The molecule has 9 nitrogen and oxygen atoms in total. The van der Waals surface area contributed by atoms with Gasteiger partial charge in [0.25, 0.3) is 5.09 Å². The summed E-state index contributed by atoms with van der Waals surface area (Å²) in [5, 5.41) is 13.6. The number of aryl methyl sites for hydroxylation is 1. The first-order chi connectivity index (χ1) is 9.42. The Morgan fingerprint density at radius 1 is 1.65 bits per heavy atom. The molecule has 0 saturated carbocycles. The number of nitrogens with one attached hydrogen (secondary N) is 1. The van der Waals surface area contributed by atoms with Crippen LogP contribution < -0.4 is 11.3 Å². The van der Waals surface area contributed by atoms with E-state index in [4.69, 9.17) is 25.9 Å². The number of carbonyl (C=O) groups is 1. The summed E-state index contributed by atoms with van der Waals surface area (Å²) in [6, 6.07) is 5.19. The van der Waals surface area contributed by atoms with Crippen LogP contribution in [0.15, 0.2) is 23.2 Å². The van der Waals surface area contributed by atoms with Crippen molar-refractivity contribution in [2.75, 3.05) is 6.61 Å². The molecule has 1 aromatic carbocycles. The van der Waals surface area contributed by atoms with Crippen molar-refractivity contribution >= 4 is 18.0 Å². The number of benzene rings is 1. The van der Waals surface area contributed by atoms with Gasteiger partial charge in [0.15, 0.2) is 0 Å². The normalized spacial score (nSPS) is 9.55. The van der Waals surface area contributed by atoms with Crippen LogP contribution >= 0.6 is 0 Å². The van der Waals surface area contributed by atoms with E-state index in [1.807, 2.05) is 13.0 Å². The Balaban J connectivity index is 0.000000796. The van der Waals surface area contributed by atoms with Gasteiger partial charge in [-0.2, -0.15) is 0 Å². The van der Waals surface area contributed by atoms with Crippen molar-refractivity contribution in [3.8, 4) is 0 Å². The quantitative estimate of drug-likeness (QED) is 0.187. The number of hydrogen-bond donors (Lipinski definition) is 3. The molecule has 1 aromatic rings. The second kappa shape index (κ2) is 9.28. The van der Waals surface area contributed by atoms with Gasteiger partial charge in [0.05, 0.1) is 17.9 Å². The van der Waals surface area contributed by atoms with Crippen LogP contribution in [0.25, 0.3) is 0 Å². The zero-order valence-corrected chi connectivity index (χ0v) is 11.1. The van der Waals surface area contributed by atoms with Crippen LogP contribution in [0.5, 0.6) is 0 Å². The smallest absolute Gasteiger partial charge is 0.338 e. The van der Waals surface area contributed by atoms with Gasteiger partial charge in [-0.25, -0.2) is 15.6 Å². The minimum atomic E-state index is -1.50. The number of nitrogens with zero attached hydrogens (tertiary/aromatic N) is 2. The predicted molar refractivity (Wildman–Crippen MR) is 71.4 cm³/mol. The highest BCUT2D eigenvalue weighted by molar-refractivity contribution is 5.90. The van der Waals surface area contributed by atoms with E-state index < -0.39 is 5.09 Å². The van der Waals surface area contributed by atoms with E-state index in [0.717, 1.165) is 5.56 Å². The topological polar surface area (TPSA) is 140 Å². The van der Waals surface area contributed by atoms with Crippen LogP contribution in [0.4, 0.5) is 5.69 Å². The number of nitrogens with two attached hydrogens (primary N) is 1. The standard InChI is InChI=1S/C11H15N3O2.HNO3/c1-3-16-11(15)9-5-4-8(2)10(6-9)13-7-14-12;2-1(3)4/h4-7H,3,12H2,1-2H3,(H,13,14);(H,2,3,4). The Morgan fingerprint density at radius 2 is 2.25 bits per heavy atom. The van der Waals surface area contributed by atoms with Gasteiger partial charge in [-0.05, 0) is 31.5 Å². The number of rotatable bonds is 4. The third kappa shape index (κ3) is 6.91. The average molecular weight is 284 g/mol. The number of carbonyl (C=O) groups excluding carboxylic acids is 1. The first kappa shape index (κ1) is 17.3. The van der Waals surface area contributed by atoms with E-state index >= 15 is 0 Å². The fraction of sp³-hybridized carbons (Fsp3) is 0.273. The molecule has 0 bridgehead atoms. The van der Waals surface area contributed by atoms with E-state index in [2.05, 4.69) is 10.4 Å². The number of hydrogen-bond acceptors (Lipinski definition) is 6. The molecule has 0 unspecified atom stereocenters. The molecule has 1 rings (SSSR count). The number of aliphatic imine (C=N–C) groups is 1. The highest BCUT2D eigenvalue weighted by Gasteiger charge is 2.07. The number of ether oxygens (including phenoxy) is 1. The molecule has 0 aromatic heterocycles. The molecule has 0 heterocycles. The molecule has 0 aliphatic carbocycles. The minimum absolute atomic E-state index is 0.348. The summed E-state index contributed by atoms with van der Waals surface area (Å²) in [5.74, 6) is 4.73. The van der Waals surface area contributed by atoms with Crippen molar-refractivity contribution in [2.45, 2.75) is 13.8 Å². The first-order valence-corrected chi connectivity index (χ1v) is 5.52. The fourth-order valence-corrected chi connectivity index (χ4v) is 1.20. The summed E-state index contributed by atoms with van der Waals surface area (Å²) in [6.45, 7) is 4.03. The highest BCUT2D eigenvalue weighted by atomic mass is 16.9. The van der Waals surface area contributed by atoms with Crippen molar-refractivity contribution in [3.05, 3.63) is 39.4 Å². The van der Waals surface area contributed by atoms with Crippen molar-refractivity contribution in [1.29, 1.82) is 0 Å². The lowest BCUT2D eigenvalue weighted by Crippen LogP contribution is -2.18. The second-order valence-electron chi connectivity index (χ2n) is 3.38. The molecule has 0 radical (unpaired) electrons. The summed E-state index contributed by atoms with van der Waals surface area (Å²) in [7, 11) is 0. The van der Waals surface area contributed by atoms with Crippen molar-refractivity contribution in [1.82, 2.24) is 5.43 Å². The second-order valence-corrected chi connectivity index (χ2v) is 3.38. The Labute approximate surface area is 115 Å². The Bertz CT molecular complexity index is 486. The molecule has 110 valence electrons. The summed E-state index contributed by atoms with van der Waals surface area (Å²) >= 11 is 0. The SMILES string of the molecule is CCOC(=O)c1ccc(C)c(N=CNN)c1.O=[N+]([O-])O. The molecule has 0 atom stereocenters. The molecule has 0 spiro atoms. The molecule has 9 heteroatoms. The Kier molecular flexibility index (Phi) is 8.03. The molecule has 4 N–H and O–H groups in total.